The van der Waals surface area contributed by atoms with E-state index < -0.39 is 0 Å². The Bertz CT molecular complexity index is 707. The molecule has 0 aliphatic heterocycles. The first-order chi connectivity index (χ1) is 10.4. The molecule has 0 aliphatic carbocycles. The van der Waals surface area contributed by atoms with Crippen molar-refractivity contribution in [1.82, 2.24) is 14.9 Å². The lowest BCUT2D eigenvalue weighted by Crippen LogP contribution is -2.34. The predicted molar refractivity (Wildman–Crippen MR) is 85.9 cm³/mol. The number of nitrogens with one attached hydrogen (secondary N) is 1. The van der Waals surface area contributed by atoms with E-state index in [1.807, 2.05) is 32.9 Å². The first-order valence-corrected chi connectivity index (χ1v) is 7.32. The van der Waals surface area contributed by atoms with Gasteiger partial charge in [-0.1, -0.05) is 13.8 Å². The maximum Gasteiger partial charge on any atom is 0.261 e. The van der Waals surface area contributed by atoms with Crippen molar-refractivity contribution in [1.29, 1.82) is 0 Å². The zero-order chi connectivity index (χ0) is 16.3. The molecule has 5 heteroatoms. The van der Waals surface area contributed by atoms with Crippen molar-refractivity contribution >= 4 is 5.91 Å². The Morgan fingerprint density at radius 3 is 2.32 bits per heavy atom. The molecule has 0 aromatic carbocycles. The van der Waals surface area contributed by atoms with Gasteiger partial charge in [-0.2, -0.15) is 0 Å². The lowest BCUT2D eigenvalue weighted by molar-refractivity contribution is 0.0740. The third-order valence-corrected chi connectivity index (χ3v) is 3.87. The zero-order valence-corrected chi connectivity index (χ0v) is 13.3. The molecule has 0 fully saturated rings. The maximum atomic E-state index is 12.6. The van der Waals surface area contributed by atoms with Gasteiger partial charge in [0.25, 0.3) is 11.5 Å². The minimum Gasteiger partial charge on any atom is -0.335 e. The molecule has 1 unspecified atom stereocenters. The van der Waals surface area contributed by atoms with Crippen LogP contribution in [0.3, 0.4) is 0 Å². The van der Waals surface area contributed by atoms with E-state index in [1.165, 1.54) is 0 Å². The van der Waals surface area contributed by atoms with Crippen molar-refractivity contribution in [2.24, 2.45) is 0 Å². The Morgan fingerprint density at radius 2 is 1.77 bits per heavy atom. The largest absolute Gasteiger partial charge is 0.335 e. The van der Waals surface area contributed by atoms with E-state index in [4.69, 9.17) is 0 Å². The number of carbonyl (C=O) groups is 1. The molecule has 0 saturated carbocycles. The lowest BCUT2D eigenvalue weighted by Gasteiger charge is -2.25. The van der Waals surface area contributed by atoms with E-state index in [1.54, 1.807) is 36.5 Å². The highest BCUT2D eigenvalue weighted by atomic mass is 16.2. The molecular weight excluding hydrogens is 278 g/mol. The number of nitrogens with zero attached hydrogens (tertiary/aromatic N) is 2. The first kappa shape index (κ1) is 15.9. The van der Waals surface area contributed by atoms with Crippen molar-refractivity contribution in [2.45, 2.75) is 32.7 Å². The fourth-order valence-corrected chi connectivity index (χ4v) is 2.23. The zero-order valence-electron chi connectivity index (χ0n) is 13.3. The monoisotopic (exact) mass is 299 g/mol. The van der Waals surface area contributed by atoms with Crippen LogP contribution in [0.4, 0.5) is 0 Å². The number of aromatic nitrogens is 2. The summed E-state index contributed by atoms with van der Waals surface area (Å²) >= 11 is 0. The molecule has 1 amide bonds. The van der Waals surface area contributed by atoms with Crippen molar-refractivity contribution < 1.29 is 4.79 Å². The average molecular weight is 299 g/mol. The SMILES string of the molecule is CC(C)c1ccc(C(=O)N(C)C(C)c2ccncc2)c(=O)[nH]1. The van der Waals surface area contributed by atoms with Crippen molar-refractivity contribution in [3.05, 3.63) is 63.8 Å². The molecular formula is C17H21N3O2. The Hall–Kier alpha value is -2.43. The number of amides is 1. The number of hydrogen-bond donors (Lipinski definition) is 1. The van der Waals surface area contributed by atoms with Gasteiger partial charge in [-0.15, -0.1) is 0 Å². The summed E-state index contributed by atoms with van der Waals surface area (Å²) in [6.07, 6.45) is 3.38. The molecule has 0 bridgehead atoms. The molecule has 2 rings (SSSR count). The van der Waals surface area contributed by atoms with Gasteiger partial charge in [0.15, 0.2) is 0 Å². The fourth-order valence-electron chi connectivity index (χ4n) is 2.23. The van der Waals surface area contributed by atoms with Crippen LogP contribution in [0.15, 0.2) is 41.5 Å². The molecule has 2 heterocycles. The number of pyridine rings is 2. The Balaban J connectivity index is 2.26. The van der Waals surface area contributed by atoms with Gasteiger partial charge >= 0.3 is 0 Å². The van der Waals surface area contributed by atoms with Crippen LogP contribution in [0.25, 0.3) is 0 Å². The van der Waals surface area contributed by atoms with Gasteiger partial charge in [0.1, 0.15) is 5.56 Å². The van der Waals surface area contributed by atoms with Gasteiger partial charge in [-0.25, -0.2) is 0 Å². The van der Waals surface area contributed by atoms with Crippen LogP contribution in [-0.4, -0.2) is 27.8 Å². The van der Waals surface area contributed by atoms with Gasteiger partial charge in [0, 0.05) is 25.1 Å². The Labute approximate surface area is 130 Å². The molecule has 1 N–H and O–H groups in total. The summed E-state index contributed by atoms with van der Waals surface area (Å²) in [5, 5.41) is 0. The van der Waals surface area contributed by atoms with E-state index in [2.05, 4.69) is 9.97 Å². The summed E-state index contributed by atoms with van der Waals surface area (Å²) < 4.78 is 0. The van der Waals surface area contributed by atoms with E-state index in [-0.39, 0.29) is 29.0 Å². The second-order valence-electron chi connectivity index (χ2n) is 5.68. The fraction of sp³-hybridized carbons (Fsp3) is 0.353. The van der Waals surface area contributed by atoms with E-state index in [0.29, 0.717) is 0 Å². The van der Waals surface area contributed by atoms with Crippen LogP contribution in [-0.2, 0) is 0 Å². The smallest absolute Gasteiger partial charge is 0.261 e. The number of rotatable bonds is 4. The highest BCUT2D eigenvalue weighted by molar-refractivity contribution is 5.93. The van der Waals surface area contributed by atoms with Gasteiger partial charge < -0.3 is 9.88 Å². The number of aromatic amines is 1. The topological polar surface area (TPSA) is 66.1 Å². The number of carbonyl (C=O) groups excluding carboxylic acids is 1. The molecule has 5 nitrogen and oxygen atoms in total. The standard InChI is InChI=1S/C17H21N3O2/c1-11(2)15-6-5-14(16(21)19-15)17(22)20(4)12(3)13-7-9-18-10-8-13/h5-12H,1-4H3,(H,19,21). The van der Waals surface area contributed by atoms with Crippen LogP contribution in [0, 0.1) is 0 Å². The Morgan fingerprint density at radius 1 is 1.14 bits per heavy atom. The molecule has 0 spiro atoms. The highest BCUT2D eigenvalue weighted by Crippen LogP contribution is 2.19. The van der Waals surface area contributed by atoms with Crippen molar-refractivity contribution in [3.8, 4) is 0 Å². The van der Waals surface area contributed by atoms with E-state index in [0.717, 1.165) is 11.3 Å². The summed E-state index contributed by atoms with van der Waals surface area (Å²) in [6.45, 7) is 5.90. The predicted octanol–water partition coefficient (Wildman–Crippen LogP) is 2.73. The van der Waals surface area contributed by atoms with Crippen LogP contribution in [0.2, 0.25) is 0 Å². The minimum absolute atomic E-state index is 0.139. The maximum absolute atomic E-state index is 12.6. The third-order valence-electron chi connectivity index (χ3n) is 3.87. The normalized spacial score (nSPS) is 12.2. The van der Waals surface area contributed by atoms with Crippen LogP contribution in [0.1, 0.15) is 54.3 Å². The molecule has 2 aromatic rings. The van der Waals surface area contributed by atoms with Gasteiger partial charge in [-0.3, -0.25) is 14.6 Å². The summed E-state index contributed by atoms with van der Waals surface area (Å²) in [4.78, 5) is 33.0. The molecule has 0 aliphatic rings. The number of hydrogen-bond acceptors (Lipinski definition) is 3. The van der Waals surface area contributed by atoms with Crippen LogP contribution in [0.5, 0.6) is 0 Å². The van der Waals surface area contributed by atoms with Crippen molar-refractivity contribution in [3.63, 3.8) is 0 Å². The Kier molecular flexibility index (Phi) is 4.75. The number of H-pyrrole nitrogens is 1. The lowest BCUT2D eigenvalue weighted by atomic mass is 10.1. The summed E-state index contributed by atoms with van der Waals surface area (Å²) in [5.74, 6) is -0.0776. The third kappa shape index (κ3) is 3.24. The first-order valence-electron chi connectivity index (χ1n) is 7.32. The molecule has 0 saturated heterocycles. The van der Waals surface area contributed by atoms with Gasteiger partial charge in [0.2, 0.25) is 0 Å². The van der Waals surface area contributed by atoms with E-state index >= 15 is 0 Å². The van der Waals surface area contributed by atoms with E-state index in [9.17, 15) is 9.59 Å². The highest BCUT2D eigenvalue weighted by Gasteiger charge is 2.21. The van der Waals surface area contributed by atoms with Gasteiger partial charge in [-0.05, 0) is 42.7 Å². The molecule has 22 heavy (non-hydrogen) atoms. The summed E-state index contributed by atoms with van der Waals surface area (Å²) in [7, 11) is 1.70. The molecule has 0 radical (unpaired) electrons. The molecule has 2 aromatic heterocycles. The summed E-state index contributed by atoms with van der Waals surface area (Å²) in [5.41, 5.74) is 1.62. The second kappa shape index (κ2) is 6.56. The summed E-state index contributed by atoms with van der Waals surface area (Å²) in [6, 6.07) is 6.98. The molecule has 1 atom stereocenters. The van der Waals surface area contributed by atoms with Crippen molar-refractivity contribution in [2.75, 3.05) is 7.05 Å². The average Bonchev–Trinajstić information content (AvgIpc) is 2.53. The molecule has 116 valence electrons. The van der Waals surface area contributed by atoms with Crippen LogP contribution < -0.4 is 5.56 Å². The van der Waals surface area contributed by atoms with Gasteiger partial charge in [0.05, 0.1) is 6.04 Å². The minimum atomic E-state index is -0.343. The second-order valence-corrected chi connectivity index (χ2v) is 5.68. The quantitative estimate of drug-likeness (QED) is 0.944. The van der Waals surface area contributed by atoms with Crippen LogP contribution >= 0.6 is 0 Å².